The molecule has 3 aromatic rings. The van der Waals surface area contributed by atoms with Crippen molar-refractivity contribution in [2.45, 2.75) is 32.1 Å². The summed E-state index contributed by atoms with van der Waals surface area (Å²) in [6.45, 7) is 4.41. The number of nitrogen functional groups attached to an aromatic ring is 1. The second-order valence-corrected chi connectivity index (χ2v) is 8.66. The Labute approximate surface area is 188 Å². The standard InChI is InChI=1S/C25H30N6O/c26-20-6-3-7-21(16-20)29-25-28-17-19-10-11-27-23-9-8-18(15-22(23)24(19)31(25)32)5-4-14-30-12-1-2-13-30/h3,6-9,15-17,27,32H,1-2,4-5,10-14,26H2. The maximum atomic E-state index is 11.1. The predicted molar refractivity (Wildman–Crippen MR) is 127 cm³/mol. The van der Waals surface area contributed by atoms with Crippen LogP contribution in [0.15, 0.2) is 53.7 Å². The van der Waals surface area contributed by atoms with Crippen LogP contribution in [0.3, 0.4) is 0 Å². The van der Waals surface area contributed by atoms with Crippen molar-refractivity contribution >= 4 is 17.1 Å². The molecule has 1 fully saturated rings. The number of fused-ring (bicyclic) bond motifs is 3. The van der Waals surface area contributed by atoms with Crippen molar-refractivity contribution < 1.29 is 5.21 Å². The lowest BCUT2D eigenvalue weighted by atomic mass is 10.00. The van der Waals surface area contributed by atoms with Crippen LogP contribution in [0.25, 0.3) is 11.3 Å². The minimum absolute atomic E-state index is 0.238. The van der Waals surface area contributed by atoms with Gasteiger partial charge in [0, 0.05) is 35.2 Å². The first-order valence-electron chi connectivity index (χ1n) is 11.5. The number of rotatable bonds is 5. The van der Waals surface area contributed by atoms with Gasteiger partial charge in [0.2, 0.25) is 0 Å². The molecule has 4 N–H and O–H groups in total. The van der Waals surface area contributed by atoms with Crippen molar-refractivity contribution in [1.29, 1.82) is 0 Å². The van der Waals surface area contributed by atoms with Crippen molar-refractivity contribution in [1.82, 2.24) is 14.6 Å². The monoisotopic (exact) mass is 430 g/mol. The zero-order chi connectivity index (χ0) is 21.9. The quantitative estimate of drug-likeness (QED) is 0.425. The fourth-order valence-corrected chi connectivity index (χ4v) is 4.69. The Morgan fingerprint density at radius 1 is 1.12 bits per heavy atom. The van der Waals surface area contributed by atoms with Crippen LogP contribution in [0.2, 0.25) is 0 Å². The second-order valence-electron chi connectivity index (χ2n) is 8.66. The van der Waals surface area contributed by atoms with Gasteiger partial charge < -0.3 is 21.2 Å². The molecule has 7 nitrogen and oxygen atoms in total. The molecule has 0 bridgehead atoms. The summed E-state index contributed by atoms with van der Waals surface area (Å²) in [5.74, 6) is 0. The minimum atomic E-state index is 0.238. The number of likely N-dealkylation sites (tertiary alicyclic amines) is 1. The summed E-state index contributed by atoms with van der Waals surface area (Å²) >= 11 is 0. The molecule has 1 aromatic heterocycles. The van der Waals surface area contributed by atoms with Crippen LogP contribution in [0.1, 0.15) is 30.4 Å². The third-order valence-electron chi connectivity index (χ3n) is 6.33. The Bertz CT molecular complexity index is 1180. The minimum Gasteiger partial charge on any atom is -0.425 e. The Balaban J connectivity index is 1.49. The van der Waals surface area contributed by atoms with E-state index in [-0.39, 0.29) is 5.62 Å². The molecule has 166 valence electrons. The molecule has 0 saturated carbocycles. The Kier molecular flexibility index (Phi) is 5.81. The van der Waals surface area contributed by atoms with E-state index >= 15 is 0 Å². The SMILES string of the molecule is Nc1cccc(N=c2ncc3c(n2O)-c2cc(CCCN4CCCC4)ccc2NCC3)c1. The number of hydrogen-bond acceptors (Lipinski definition) is 6. The van der Waals surface area contributed by atoms with Crippen LogP contribution in [0.4, 0.5) is 17.1 Å². The zero-order valence-corrected chi connectivity index (χ0v) is 18.3. The lowest BCUT2D eigenvalue weighted by Gasteiger charge is -2.16. The van der Waals surface area contributed by atoms with Crippen LogP contribution in [0, 0.1) is 0 Å². The van der Waals surface area contributed by atoms with Crippen molar-refractivity contribution in [3.63, 3.8) is 0 Å². The summed E-state index contributed by atoms with van der Waals surface area (Å²) in [6.07, 6.45) is 7.43. The van der Waals surface area contributed by atoms with Gasteiger partial charge in [-0.15, -0.1) is 4.73 Å². The summed E-state index contributed by atoms with van der Waals surface area (Å²) in [7, 11) is 0. The smallest absolute Gasteiger partial charge is 0.264 e. The van der Waals surface area contributed by atoms with E-state index in [1.54, 1.807) is 6.07 Å². The van der Waals surface area contributed by atoms with Gasteiger partial charge in [-0.1, -0.05) is 12.1 Å². The van der Waals surface area contributed by atoms with Gasteiger partial charge in [-0.3, -0.25) is 0 Å². The summed E-state index contributed by atoms with van der Waals surface area (Å²) in [5, 5.41) is 14.6. The number of nitrogens with two attached hydrogens (primary N) is 1. The predicted octanol–water partition coefficient (Wildman–Crippen LogP) is 3.60. The molecule has 2 aliphatic rings. The van der Waals surface area contributed by atoms with Crippen LogP contribution >= 0.6 is 0 Å². The first-order valence-corrected chi connectivity index (χ1v) is 11.5. The number of hydrogen-bond donors (Lipinski definition) is 3. The summed E-state index contributed by atoms with van der Waals surface area (Å²) in [5.41, 5.74) is 12.4. The lowest BCUT2D eigenvalue weighted by molar-refractivity contribution is 0.171. The highest BCUT2D eigenvalue weighted by atomic mass is 16.5. The van der Waals surface area contributed by atoms with Crippen LogP contribution in [-0.2, 0) is 12.8 Å². The number of aryl methyl sites for hydroxylation is 1. The Morgan fingerprint density at radius 3 is 2.84 bits per heavy atom. The van der Waals surface area contributed by atoms with Crippen LogP contribution < -0.4 is 16.7 Å². The highest BCUT2D eigenvalue weighted by Gasteiger charge is 2.20. The largest absolute Gasteiger partial charge is 0.425 e. The number of anilines is 2. The summed E-state index contributed by atoms with van der Waals surface area (Å²) in [4.78, 5) is 11.5. The zero-order valence-electron chi connectivity index (χ0n) is 18.3. The average Bonchev–Trinajstić information content (AvgIpc) is 3.23. The van der Waals surface area contributed by atoms with E-state index in [0.29, 0.717) is 11.4 Å². The van der Waals surface area contributed by atoms with E-state index in [1.807, 2.05) is 24.4 Å². The van der Waals surface area contributed by atoms with Crippen molar-refractivity contribution in [3.8, 4) is 11.3 Å². The first-order chi connectivity index (χ1) is 15.7. The topological polar surface area (TPSA) is 91.7 Å². The Hall–Kier alpha value is -3.32. The molecule has 0 amide bonds. The van der Waals surface area contributed by atoms with Crippen molar-refractivity contribution in [3.05, 3.63) is 65.4 Å². The van der Waals surface area contributed by atoms with Crippen LogP contribution in [-0.4, -0.2) is 46.0 Å². The molecule has 1 saturated heterocycles. The molecule has 2 aliphatic heterocycles. The van der Waals surface area contributed by atoms with Crippen LogP contribution in [0.5, 0.6) is 0 Å². The van der Waals surface area contributed by atoms with Crippen molar-refractivity contribution in [2.24, 2.45) is 4.99 Å². The number of nitrogens with zero attached hydrogens (tertiary/aromatic N) is 4. The number of aromatic nitrogens is 2. The van der Waals surface area contributed by atoms with Gasteiger partial charge in [0.25, 0.3) is 5.62 Å². The average molecular weight is 431 g/mol. The molecular weight excluding hydrogens is 400 g/mol. The maximum absolute atomic E-state index is 11.1. The number of nitrogens with one attached hydrogen (secondary N) is 1. The molecular formula is C25H30N6O. The molecule has 0 unspecified atom stereocenters. The molecule has 2 aromatic carbocycles. The van der Waals surface area contributed by atoms with Gasteiger partial charge in [0.05, 0.1) is 11.4 Å². The van der Waals surface area contributed by atoms with Gasteiger partial charge >= 0.3 is 0 Å². The molecule has 0 spiro atoms. The van der Waals surface area contributed by atoms with E-state index in [0.717, 1.165) is 59.6 Å². The van der Waals surface area contributed by atoms with E-state index in [2.05, 4.69) is 38.4 Å². The van der Waals surface area contributed by atoms with E-state index in [4.69, 9.17) is 5.73 Å². The van der Waals surface area contributed by atoms with Gasteiger partial charge in [-0.25, -0.2) is 9.98 Å². The third kappa shape index (κ3) is 4.34. The van der Waals surface area contributed by atoms with Gasteiger partial charge in [-0.05, 0) is 87.6 Å². The first kappa shape index (κ1) is 20.6. The molecule has 0 radical (unpaired) electrons. The van der Waals surface area contributed by atoms with Gasteiger partial charge in [-0.2, -0.15) is 0 Å². The fraction of sp³-hybridized carbons (Fsp3) is 0.360. The van der Waals surface area contributed by atoms with E-state index in [1.165, 1.54) is 31.5 Å². The lowest BCUT2D eigenvalue weighted by Crippen LogP contribution is -2.25. The van der Waals surface area contributed by atoms with Crippen molar-refractivity contribution in [2.75, 3.05) is 37.2 Å². The third-order valence-corrected chi connectivity index (χ3v) is 6.33. The number of benzene rings is 2. The fourth-order valence-electron chi connectivity index (χ4n) is 4.69. The normalized spacial score (nSPS) is 16.3. The van der Waals surface area contributed by atoms with Gasteiger partial charge in [0.1, 0.15) is 0 Å². The highest BCUT2D eigenvalue weighted by Crippen LogP contribution is 2.33. The molecule has 3 heterocycles. The molecule has 0 aliphatic carbocycles. The molecule has 0 atom stereocenters. The Morgan fingerprint density at radius 2 is 2.00 bits per heavy atom. The highest BCUT2D eigenvalue weighted by molar-refractivity contribution is 5.79. The molecule has 7 heteroatoms. The molecule has 32 heavy (non-hydrogen) atoms. The molecule has 5 rings (SSSR count). The van der Waals surface area contributed by atoms with E-state index < -0.39 is 0 Å². The second kappa shape index (κ2) is 9.04. The van der Waals surface area contributed by atoms with E-state index in [9.17, 15) is 5.21 Å². The maximum Gasteiger partial charge on any atom is 0.264 e. The summed E-state index contributed by atoms with van der Waals surface area (Å²) < 4.78 is 1.12. The summed E-state index contributed by atoms with van der Waals surface area (Å²) in [6, 6.07) is 13.8. The van der Waals surface area contributed by atoms with Gasteiger partial charge in [0.15, 0.2) is 0 Å².